The number of nitriles is 1. The molecule has 3 aromatic rings. The molecule has 0 fully saturated rings. The van der Waals surface area contributed by atoms with E-state index in [0.717, 1.165) is 16.8 Å². The maximum atomic E-state index is 12.2. The minimum Gasteiger partial charge on any atom is -0.476 e. The van der Waals surface area contributed by atoms with Crippen LogP contribution >= 0.6 is 0 Å². The number of benzene rings is 1. The Bertz CT molecular complexity index is 1080. The van der Waals surface area contributed by atoms with Crippen molar-refractivity contribution in [2.45, 2.75) is 26.4 Å². The molecule has 0 aliphatic heterocycles. The Labute approximate surface area is 160 Å². The van der Waals surface area contributed by atoms with E-state index in [9.17, 15) is 9.59 Å². The summed E-state index contributed by atoms with van der Waals surface area (Å²) in [7, 11) is 0. The number of H-pyrrole nitrogens is 1. The first-order chi connectivity index (χ1) is 13.4. The summed E-state index contributed by atoms with van der Waals surface area (Å²) >= 11 is 0. The molecule has 28 heavy (non-hydrogen) atoms. The van der Waals surface area contributed by atoms with Crippen LogP contribution in [0, 0.1) is 18.3 Å². The molecule has 2 aromatic heterocycles. The zero-order chi connectivity index (χ0) is 20.3. The van der Waals surface area contributed by atoms with Crippen LogP contribution in [0.5, 0.6) is 0 Å². The molecule has 2 heterocycles. The number of carbonyl (C=O) groups excluding carboxylic acids is 1. The number of rotatable bonds is 6. The van der Waals surface area contributed by atoms with Gasteiger partial charge >= 0.3 is 5.97 Å². The number of hydrogen-bond acceptors (Lipinski definition) is 5. The highest BCUT2D eigenvalue weighted by atomic mass is 16.4. The third-order valence-corrected chi connectivity index (χ3v) is 4.16. The Kier molecular flexibility index (Phi) is 5.22. The lowest BCUT2D eigenvalue weighted by atomic mass is 10.0. The Hall–Kier alpha value is -3.93. The van der Waals surface area contributed by atoms with Crippen molar-refractivity contribution < 1.29 is 14.7 Å². The number of carboxylic acids is 1. The van der Waals surface area contributed by atoms with Crippen molar-refractivity contribution in [1.29, 1.82) is 5.26 Å². The zero-order valence-corrected chi connectivity index (χ0v) is 15.3. The lowest BCUT2D eigenvalue weighted by Gasteiger charge is -2.13. The molecule has 0 radical (unpaired) electrons. The van der Waals surface area contributed by atoms with Crippen LogP contribution in [0.4, 0.5) is 0 Å². The topological polar surface area (TPSA) is 137 Å². The molecule has 142 valence electrons. The minimum absolute atomic E-state index is 0.0819. The van der Waals surface area contributed by atoms with Crippen LogP contribution in [0.1, 0.15) is 39.0 Å². The third-order valence-electron chi connectivity index (χ3n) is 4.16. The molecule has 3 N–H and O–H groups in total. The number of nitrogens with zero attached hydrogens (tertiary/aromatic N) is 4. The van der Waals surface area contributed by atoms with Gasteiger partial charge in [0, 0.05) is 23.9 Å². The first-order valence-electron chi connectivity index (χ1n) is 8.51. The molecule has 0 saturated carbocycles. The summed E-state index contributed by atoms with van der Waals surface area (Å²) in [6.07, 6.45) is 1.81. The van der Waals surface area contributed by atoms with Crippen LogP contribution in [-0.2, 0) is 6.54 Å². The smallest absolute Gasteiger partial charge is 0.356 e. The van der Waals surface area contributed by atoms with Crippen LogP contribution in [-0.4, -0.2) is 43.0 Å². The van der Waals surface area contributed by atoms with Gasteiger partial charge in [0.1, 0.15) is 5.69 Å². The van der Waals surface area contributed by atoms with E-state index in [1.807, 2.05) is 38.2 Å². The molecule has 0 spiro atoms. The summed E-state index contributed by atoms with van der Waals surface area (Å²) in [5.41, 5.74) is 3.06. The number of aromatic nitrogens is 4. The molecule has 0 bridgehead atoms. The lowest BCUT2D eigenvalue weighted by Crippen LogP contribution is -2.36. The number of nitrogens with one attached hydrogen (secondary N) is 2. The van der Waals surface area contributed by atoms with Gasteiger partial charge in [-0.25, -0.2) is 4.79 Å². The van der Waals surface area contributed by atoms with Crippen LogP contribution in [0.2, 0.25) is 0 Å². The van der Waals surface area contributed by atoms with Crippen molar-refractivity contribution in [3.05, 3.63) is 59.0 Å². The molecule has 9 nitrogen and oxygen atoms in total. The standard InChI is InChI=1S/C19H18N6O3/c1-11-7-13(3-4-14(11)9-20)15-5-6-25(24-15)10-12(2)21-18(26)16-8-17(19(27)28)23-22-16/h3-8,12H,10H2,1-2H3,(H,21,26)(H,22,23)(H,27,28). The molecule has 3 rings (SSSR count). The molecule has 1 atom stereocenters. The fraction of sp³-hybridized carbons (Fsp3) is 0.211. The summed E-state index contributed by atoms with van der Waals surface area (Å²) in [6, 6.07) is 10.5. The molecule has 9 heteroatoms. The summed E-state index contributed by atoms with van der Waals surface area (Å²) in [6.45, 7) is 4.13. The van der Waals surface area contributed by atoms with Gasteiger partial charge < -0.3 is 10.4 Å². The normalized spacial score (nSPS) is 11.6. The van der Waals surface area contributed by atoms with Crippen molar-refractivity contribution in [2.75, 3.05) is 0 Å². The van der Waals surface area contributed by atoms with Crippen LogP contribution in [0.25, 0.3) is 11.3 Å². The molecule has 1 unspecified atom stereocenters. The summed E-state index contributed by atoms with van der Waals surface area (Å²) in [5, 5.41) is 31.1. The van der Waals surface area contributed by atoms with Gasteiger partial charge in [-0.15, -0.1) is 0 Å². The first kappa shape index (κ1) is 18.8. The number of hydrogen-bond donors (Lipinski definition) is 3. The number of aromatic amines is 1. The quantitative estimate of drug-likeness (QED) is 0.600. The van der Waals surface area contributed by atoms with Gasteiger partial charge in [-0.2, -0.15) is 15.5 Å². The molecular weight excluding hydrogens is 360 g/mol. The second-order valence-electron chi connectivity index (χ2n) is 6.41. The van der Waals surface area contributed by atoms with E-state index >= 15 is 0 Å². The van der Waals surface area contributed by atoms with Crippen LogP contribution in [0.15, 0.2) is 36.5 Å². The van der Waals surface area contributed by atoms with E-state index in [4.69, 9.17) is 10.4 Å². The van der Waals surface area contributed by atoms with E-state index in [2.05, 4.69) is 26.7 Å². The van der Waals surface area contributed by atoms with Gasteiger partial charge in [-0.1, -0.05) is 6.07 Å². The second-order valence-corrected chi connectivity index (χ2v) is 6.41. The highest BCUT2D eigenvalue weighted by Crippen LogP contribution is 2.20. The molecule has 1 aromatic carbocycles. The SMILES string of the molecule is Cc1cc(-c2ccn(CC(C)NC(=O)c3cc(C(=O)O)n[nH]3)n2)ccc1C#N. The van der Waals surface area contributed by atoms with Gasteiger partial charge in [-0.05, 0) is 37.6 Å². The maximum Gasteiger partial charge on any atom is 0.356 e. The van der Waals surface area contributed by atoms with E-state index in [0.29, 0.717) is 12.1 Å². The Morgan fingerprint density at radius 1 is 1.36 bits per heavy atom. The third kappa shape index (κ3) is 4.07. The van der Waals surface area contributed by atoms with Gasteiger partial charge in [0.15, 0.2) is 5.69 Å². The first-order valence-corrected chi connectivity index (χ1v) is 8.51. The number of aryl methyl sites for hydroxylation is 1. The predicted octanol–water partition coefficient (Wildman–Crippen LogP) is 1.97. The number of amides is 1. The Morgan fingerprint density at radius 3 is 2.79 bits per heavy atom. The summed E-state index contributed by atoms with van der Waals surface area (Å²) in [5.74, 6) is -1.65. The van der Waals surface area contributed by atoms with E-state index in [-0.39, 0.29) is 17.4 Å². The van der Waals surface area contributed by atoms with Crippen LogP contribution < -0.4 is 5.32 Å². The average molecular weight is 378 g/mol. The zero-order valence-electron chi connectivity index (χ0n) is 15.3. The minimum atomic E-state index is -1.20. The van der Waals surface area contributed by atoms with E-state index in [1.54, 1.807) is 10.7 Å². The molecule has 1 amide bonds. The van der Waals surface area contributed by atoms with Crippen molar-refractivity contribution >= 4 is 11.9 Å². The number of carboxylic acid groups (broad SMARTS) is 1. The van der Waals surface area contributed by atoms with E-state index < -0.39 is 11.9 Å². The summed E-state index contributed by atoms with van der Waals surface area (Å²) < 4.78 is 1.71. The Balaban J connectivity index is 1.64. The monoisotopic (exact) mass is 378 g/mol. The van der Waals surface area contributed by atoms with Crippen LogP contribution in [0.3, 0.4) is 0 Å². The van der Waals surface area contributed by atoms with Crippen molar-refractivity contribution in [2.24, 2.45) is 0 Å². The maximum absolute atomic E-state index is 12.2. The molecular formula is C19H18N6O3. The fourth-order valence-corrected chi connectivity index (χ4v) is 2.74. The van der Waals surface area contributed by atoms with Crippen molar-refractivity contribution in [1.82, 2.24) is 25.3 Å². The summed E-state index contributed by atoms with van der Waals surface area (Å²) in [4.78, 5) is 23.0. The highest BCUT2D eigenvalue weighted by Gasteiger charge is 2.16. The molecule has 0 aliphatic rings. The Morgan fingerprint density at radius 2 is 2.14 bits per heavy atom. The molecule has 0 aliphatic carbocycles. The lowest BCUT2D eigenvalue weighted by molar-refractivity contribution is 0.0690. The highest BCUT2D eigenvalue weighted by molar-refractivity contribution is 5.95. The van der Waals surface area contributed by atoms with Crippen molar-refractivity contribution in [3.8, 4) is 17.3 Å². The second kappa shape index (κ2) is 7.75. The van der Waals surface area contributed by atoms with Gasteiger partial charge in [-0.3, -0.25) is 14.6 Å². The molecule has 0 saturated heterocycles. The van der Waals surface area contributed by atoms with Gasteiger partial charge in [0.05, 0.1) is 23.9 Å². The van der Waals surface area contributed by atoms with Crippen molar-refractivity contribution in [3.63, 3.8) is 0 Å². The fourth-order valence-electron chi connectivity index (χ4n) is 2.74. The van der Waals surface area contributed by atoms with Gasteiger partial charge in [0.25, 0.3) is 5.91 Å². The van der Waals surface area contributed by atoms with E-state index in [1.165, 1.54) is 6.07 Å². The number of aromatic carboxylic acids is 1. The predicted molar refractivity (Wildman–Crippen MR) is 99.6 cm³/mol. The number of carbonyl (C=O) groups is 2. The van der Waals surface area contributed by atoms with Gasteiger partial charge in [0.2, 0.25) is 0 Å². The largest absolute Gasteiger partial charge is 0.476 e. The average Bonchev–Trinajstić information content (AvgIpc) is 3.31.